The van der Waals surface area contributed by atoms with E-state index in [9.17, 15) is 4.79 Å². The summed E-state index contributed by atoms with van der Waals surface area (Å²) in [6.45, 7) is 12.5. The lowest BCUT2D eigenvalue weighted by atomic mass is 9.87. The largest absolute Gasteiger partial charge is 0.497 e. The molecule has 0 N–H and O–H groups in total. The highest BCUT2D eigenvalue weighted by Crippen LogP contribution is 2.37. The minimum Gasteiger partial charge on any atom is -0.497 e. The van der Waals surface area contributed by atoms with E-state index in [1.807, 2.05) is 43.0 Å². The van der Waals surface area contributed by atoms with E-state index in [4.69, 9.17) is 4.74 Å². The van der Waals surface area contributed by atoms with Crippen LogP contribution in [0.3, 0.4) is 0 Å². The van der Waals surface area contributed by atoms with Crippen molar-refractivity contribution in [3.63, 3.8) is 0 Å². The first-order valence-electron chi connectivity index (χ1n) is 12.7. The number of hydrogen-bond donors (Lipinski definition) is 0. The molecule has 2 aromatic carbocycles. The number of nitrogens with zero attached hydrogens (tertiary/aromatic N) is 3. The van der Waals surface area contributed by atoms with E-state index in [1.54, 1.807) is 7.11 Å². The van der Waals surface area contributed by atoms with Crippen LogP contribution in [-0.2, 0) is 0 Å². The molecule has 5 nitrogen and oxygen atoms in total. The standard InChI is InChI=1S/C29H39N3O2/c1-5-18-32-25-11-9-12-26(32)21-31(20-25)28(24-10-8-13-27(19-24)34-4)22-14-16-23(17-15-22)29(33)30(6-2)7-3/h5,8,10,13-17,19,25-26,28H,1,6-7,9,11-12,18,20-21H2,2-4H3. The van der Waals surface area contributed by atoms with E-state index in [1.165, 1.54) is 30.4 Å². The fourth-order valence-electron chi connectivity index (χ4n) is 5.81. The van der Waals surface area contributed by atoms with Gasteiger partial charge in [0.15, 0.2) is 0 Å². The number of carbonyl (C=O) groups excluding carboxylic acids is 1. The van der Waals surface area contributed by atoms with Crippen molar-refractivity contribution < 1.29 is 9.53 Å². The molecule has 2 fully saturated rings. The molecule has 2 aliphatic rings. The third-order valence-corrected chi connectivity index (χ3v) is 7.54. The maximum Gasteiger partial charge on any atom is 0.253 e. The van der Waals surface area contributed by atoms with Crippen molar-refractivity contribution in [3.05, 3.63) is 77.9 Å². The number of amides is 1. The van der Waals surface area contributed by atoms with Gasteiger partial charge in [-0.25, -0.2) is 0 Å². The Morgan fingerprint density at radius 3 is 2.35 bits per heavy atom. The van der Waals surface area contributed by atoms with Crippen LogP contribution in [-0.4, -0.2) is 72.5 Å². The first-order valence-corrected chi connectivity index (χ1v) is 12.7. The Morgan fingerprint density at radius 2 is 1.76 bits per heavy atom. The van der Waals surface area contributed by atoms with Gasteiger partial charge in [-0.15, -0.1) is 6.58 Å². The van der Waals surface area contributed by atoms with Crippen molar-refractivity contribution in [1.82, 2.24) is 14.7 Å². The number of benzene rings is 2. The van der Waals surface area contributed by atoms with Crippen LogP contribution in [0.1, 0.15) is 60.6 Å². The molecule has 3 atom stereocenters. The van der Waals surface area contributed by atoms with Gasteiger partial charge in [-0.2, -0.15) is 0 Å². The molecule has 0 aliphatic carbocycles. The number of ether oxygens (including phenoxy) is 1. The van der Waals surface area contributed by atoms with Crippen LogP contribution in [0.15, 0.2) is 61.2 Å². The summed E-state index contributed by atoms with van der Waals surface area (Å²) < 4.78 is 5.57. The number of piperidine rings is 1. The first kappa shape index (κ1) is 24.5. The molecule has 2 heterocycles. The molecule has 4 rings (SSSR count). The summed E-state index contributed by atoms with van der Waals surface area (Å²) in [5.74, 6) is 0.975. The summed E-state index contributed by atoms with van der Waals surface area (Å²) in [6, 6.07) is 18.0. The molecule has 0 aromatic heterocycles. The number of hydrogen-bond acceptors (Lipinski definition) is 4. The Balaban J connectivity index is 1.67. The zero-order valence-corrected chi connectivity index (χ0v) is 21.0. The van der Waals surface area contributed by atoms with E-state index in [0.29, 0.717) is 12.1 Å². The Labute approximate surface area is 205 Å². The highest BCUT2D eigenvalue weighted by Gasteiger charge is 2.39. The predicted molar refractivity (Wildman–Crippen MR) is 138 cm³/mol. The lowest BCUT2D eigenvalue weighted by Gasteiger charge is -2.52. The van der Waals surface area contributed by atoms with Gasteiger partial charge in [-0.3, -0.25) is 14.6 Å². The molecule has 2 bridgehead atoms. The van der Waals surface area contributed by atoms with Crippen LogP contribution in [0.25, 0.3) is 0 Å². The fourth-order valence-corrected chi connectivity index (χ4v) is 5.81. The van der Waals surface area contributed by atoms with Crippen LogP contribution in [0.4, 0.5) is 0 Å². The van der Waals surface area contributed by atoms with Crippen LogP contribution in [0.5, 0.6) is 5.75 Å². The summed E-state index contributed by atoms with van der Waals surface area (Å²) >= 11 is 0. The third-order valence-electron chi connectivity index (χ3n) is 7.54. The molecular formula is C29H39N3O2. The number of rotatable bonds is 9. The Hall–Kier alpha value is -2.63. The molecule has 2 saturated heterocycles. The van der Waals surface area contributed by atoms with Crippen molar-refractivity contribution in [1.29, 1.82) is 0 Å². The molecule has 5 heteroatoms. The third kappa shape index (κ3) is 5.06. The number of carbonyl (C=O) groups is 1. The van der Waals surface area contributed by atoms with Crippen molar-refractivity contribution in [3.8, 4) is 5.75 Å². The number of methoxy groups -OCH3 is 1. The van der Waals surface area contributed by atoms with Crippen molar-refractivity contribution in [2.75, 3.05) is 39.8 Å². The van der Waals surface area contributed by atoms with Gasteiger partial charge >= 0.3 is 0 Å². The Bertz CT molecular complexity index is 956. The van der Waals surface area contributed by atoms with E-state index in [-0.39, 0.29) is 11.9 Å². The lowest BCUT2D eigenvalue weighted by molar-refractivity contribution is -0.0128. The van der Waals surface area contributed by atoms with Gasteiger partial charge in [0.1, 0.15) is 5.75 Å². The number of piperazine rings is 1. The van der Waals surface area contributed by atoms with E-state index < -0.39 is 0 Å². The molecule has 3 unspecified atom stereocenters. The van der Waals surface area contributed by atoms with Crippen LogP contribution < -0.4 is 4.74 Å². The van der Waals surface area contributed by atoms with Gasteiger partial charge in [0.05, 0.1) is 13.2 Å². The maximum absolute atomic E-state index is 12.9. The molecule has 0 radical (unpaired) electrons. The van der Waals surface area contributed by atoms with Gasteiger partial charge in [-0.1, -0.05) is 36.8 Å². The van der Waals surface area contributed by atoms with Crippen molar-refractivity contribution >= 4 is 5.91 Å². The molecule has 182 valence electrons. The van der Waals surface area contributed by atoms with Crippen LogP contribution >= 0.6 is 0 Å². The molecule has 0 spiro atoms. The second-order valence-electron chi connectivity index (χ2n) is 9.46. The smallest absolute Gasteiger partial charge is 0.253 e. The van der Waals surface area contributed by atoms with Crippen LogP contribution in [0.2, 0.25) is 0 Å². The van der Waals surface area contributed by atoms with Crippen molar-refractivity contribution in [2.24, 2.45) is 0 Å². The fraction of sp³-hybridized carbons (Fsp3) is 0.483. The normalized spacial score (nSPS) is 21.6. The summed E-state index contributed by atoms with van der Waals surface area (Å²) in [4.78, 5) is 20.0. The highest BCUT2D eigenvalue weighted by molar-refractivity contribution is 5.94. The number of fused-ring (bicyclic) bond motifs is 2. The highest BCUT2D eigenvalue weighted by atomic mass is 16.5. The van der Waals surface area contributed by atoms with E-state index in [2.05, 4.69) is 46.7 Å². The minimum absolute atomic E-state index is 0.0991. The second kappa shape index (κ2) is 11.2. The molecule has 34 heavy (non-hydrogen) atoms. The Kier molecular flexibility index (Phi) is 8.07. The predicted octanol–water partition coefficient (Wildman–Crippen LogP) is 4.99. The zero-order chi connectivity index (χ0) is 24.1. The van der Waals surface area contributed by atoms with Gasteiger partial charge in [0.2, 0.25) is 0 Å². The quantitative estimate of drug-likeness (QED) is 0.493. The van der Waals surface area contributed by atoms with Gasteiger partial charge < -0.3 is 9.64 Å². The topological polar surface area (TPSA) is 36.0 Å². The SMILES string of the molecule is C=CCN1C2CCCC1CN(C(c1ccc(C(=O)N(CC)CC)cc1)c1cccc(OC)c1)C2. The van der Waals surface area contributed by atoms with E-state index >= 15 is 0 Å². The van der Waals surface area contributed by atoms with Crippen LogP contribution in [0, 0.1) is 0 Å². The first-order chi connectivity index (χ1) is 16.6. The van der Waals surface area contributed by atoms with Gasteiger partial charge in [0.25, 0.3) is 5.91 Å². The molecule has 1 amide bonds. The maximum atomic E-state index is 12.9. The lowest BCUT2D eigenvalue weighted by Crippen LogP contribution is -2.61. The van der Waals surface area contributed by atoms with Gasteiger partial charge in [0, 0.05) is 50.4 Å². The molecular weight excluding hydrogens is 422 g/mol. The average Bonchev–Trinajstić information content (AvgIpc) is 2.86. The zero-order valence-electron chi connectivity index (χ0n) is 21.0. The summed E-state index contributed by atoms with van der Waals surface area (Å²) in [5, 5.41) is 0. The van der Waals surface area contributed by atoms with Gasteiger partial charge in [-0.05, 0) is 62.1 Å². The monoisotopic (exact) mass is 461 g/mol. The minimum atomic E-state index is 0.0991. The Morgan fingerprint density at radius 1 is 1.09 bits per heavy atom. The van der Waals surface area contributed by atoms with Crippen molar-refractivity contribution in [2.45, 2.75) is 51.2 Å². The van der Waals surface area contributed by atoms with E-state index in [0.717, 1.165) is 44.0 Å². The molecule has 2 aliphatic heterocycles. The second-order valence-corrected chi connectivity index (χ2v) is 9.46. The average molecular weight is 462 g/mol. The molecule has 2 aromatic rings. The summed E-state index contributed by atoms with van der Waals surface area (Å²) in [7, 11) is 1.72. The summed E-state index contributed by atoms with van der Waals surface area (Å²) in [6.07, 6.45) is 5.83. The molecule has 0 saturated carbocycles. The summed E-state index contributed by atoms with van der Waals surface area (Å²) in [5.41, 5.74) is 3.21. The number of likely N-dealkylation sites (tertiary alicyclic amines) is 1.